The Labute approximate surface area is 107 Å². The van der Waals surface area contributed by atoms with Crippen molar-refractivity contribution < 1.29 is 14.3 Å². The Morgan fingerprint density at radius 3 is 2.72 bits per heavy atom. The molecule has 1 N–H and O–H groups in total. The monoisotopic (exact) mass is 249 g/mol. The largest absolute Gasteiger partial charge is 0.497 e. The van der Waals surface area contributed by atoms with Gasteiger partial charge in [-0.1, -0.05) is 0 Å². The van der Waals surface area contributed by atoms with E-state index in [-0.39, 0.29) is 5.78 Å². The molecule has 1 aliphatic carbocycles. The number of ether oxygens (including phenoxy) is 2. The van der Waals surface area contributed by atoms with Crippen LogP contribution in [0.25, 0.3) is 0 Å². The zero-order valence-corrected chi connectivity index (χ0v) is 10.9. The fraction of sp³-hybridized carbons (Fsp3) is 0.500. The zero-order chi connectivity index (χ0) is 13.0. The average molecular weight is 249 g/mol. The number of hydrogen-bond donors (Lipinski definition) is 1. The summed E-state index contributed by atoms with van der Waals surface area (Å²) in [6, 6.07) is 5.25. The van der Waals surface area contributed by atoms with Crippen LogP contribution in [-0.4, -0.2) is 33.1 Å². The summed E-state index contributed by atoms with van der Waals surface area (Å²) in [5.41, 5.74) is 0.599. The average Bonchev–Trinajstić information content (AvgIpc) is 3.21. The summed E-state index contributed by atoms with van der Waals surface area (Å²) < 4.78 is 10.3. The van der Waals surface area contributed by atoms with Gasteiger partial charge in [0.1, 0.15) is 11.5 Å². The van der Waals surface area contributed by atoms with Crippen LogP contribution in [0, 0.1) is 5.92 Å². The van der Waals surface area contributed by atoms with Gasteiger partial charge in [-0.3, -0.25) is 4.79 Å². The van der Waals surface area contributed by atoms with Crippen molar-refractivity contribution in [2.24, 2.45) is 5.92 Å². The summed E-state index contributed by atoms with van der Waals surface area (Å²) in [6.45, 7) is 1.30. The van der Waals surface area contributed by atoms with Gasteiger partial charge in [-0.25, -0.2) is 0 Å². The molecule has 1 saturated carbocycles. The number of nitrogens with one attached hydrogen (secondary N) is 1. The fourth-order valence-corrected chi connectivity index (χ4v) is 1.84. The molecule has 0 heterocycles. The van der Waals surface area contributed by atoms with Gasteiger partial charge >= 0.3 is 0 Å². The summed E-state index contributed by atoms with van der Waals surface area (Å²) in [5.74, 6) is 2.08. The Hall–Kier alpha value is -1.55. The second kappa shape index (κ2) is 5.87. The first-order valence-corrected chi connectivity index (χ1v) is 6.20. The minimum atomic E-state index is 0.0511. The Bertz CT molecular complexity index is 427. The van der Waals surface area contributed by atoms with Crippen LogP contribution in [-0.2, 0) is 0 Å². The van der Waals surface area contributed by atoms with Crippen molar-refractivity contribution in [1.82, 2.24) is 5.32 Å². The fourth-order valence-electron chi connectivity index (χ4n) is 1.84. The summed E-state index contributed by atoms with van der Waals surface area (Å²) in [6.07, 6.45) is 2.57. The van der Waals surface area contributed by atoms with Crippen LogP contribution in [0.5, 0.6) is 11.5 Å². The molecule has 0 unspecified atom stereocenters. The molecule has 0 spiro atoms. The van der Waals surface area contributed by atoms with E-state index >= 15 is 0 Å². The van der Waals surface area contributed by atoms with Gasteiger partial charge < -0.3 is 14.8 Å². The lowest BCUT2D eigenvalue weighted by molar-refractivity contribution is 0.0988. The van der Waals surface area contributed by atoms with E-state index in [0.29, 0.717) is 23.6 Å². The van der Waals surface area contributed by atoms with Crippen LogP contribution < -0.4 is 14.8 Å². The van der Waals surface area contributed by atoms with Crippen LogP contribution in [0.3, 0.4) is 0 Å². The van der Waals surface area contributed by atoms with Crippen molar-refractivity contribution in [3.8, 4) is 11.5 Å². The molecule has 1 aromatic carbocycles. The van der Waals surface area contributed by atoms with Crippen molar-refractivity contribution >= 4 is 5.78 Å². The lowest BCUT2D eigenvalue weighted by atomic mass is 10.1. The Morgan fingerprint density at radius 2 is 2.11 bits per heavy atom. The van der Waals surface area contributed by atoms with E-state index in [2.05, 4.69) is 5.32 Å². The summed E-state index contributed by atoms with van der Waals surface area (Å²) in [7, 11) is 3.15. The van der Waals surface area contributed by atoms with Gasteiger partial charge in [0.25, 0.3) is 0 Å². The molecule has 4 heteroatoms. The first kappa shape index (κ1) is 12.9. The predicted octanol–water partition coefficient (Wildman–Crippen LogP) is 1.89. The Morgan fingerprint density at radius 1 is 1.33 bits per heavy atom. The number of rotatable bonds is 7. The van der Waals surface area contributed by atoms with E-state index in [1.54, 1.807) is 32.4 Å². The number of Topliss-reactive ketones (excluding diaryl/α,β-unsaturated/α-hetero) is 1. The van der Waals surface area contributed by atoms with Crippen LogP contribution in [0.2, 0.25) is 0 Å². The molecule has 0 saturated heterocycles. The molecule has 1 aliphatic rings. The highest BCUT2D eigenvalue weighted by molar-refractivity contribution is 6.00. The lowest BCUT2D eigenvalue weighted by Crippen LogP contribution is -2.25. The van der Waals surface area contributed by atoms with Crippen molar-refractivity contribution in [3.05, 3.63) is 23.8 Å². The molecule has 0 bridgehead atoms. The highest BCUT2D eigenvalue weighted by atomic mass is 16.5. The van der Waals surface area contributed by atoms with Crippen LogP contribution in [0.15, 0.2) is 18.2 Å². The number of carbonyl (C=O) groups is 1. The minimum absolute atomic E-state index is 0.0511. The molecule has 2 rings (SSSR count). The quantitative estimate of drug-likeness (QED) is 0.750. The molecule has 0 aliphatic heterocycles. The van der Waals surface area contributed by atoms with E-state index in [4.69, 9.17) is 9.47 Å². The van der Waals surface area contributed by atoms with Gasteiger partial charge in [-0.2, -0.15) is 0 Å². The maximum absolute atomic E-state index is 12.0. The molecular formula is C14H19NO3. The van der Waals surface area contributed by atoms with Crippen LogP contribution in [0.1, 0.15) is 23.2 Å². The van der Waals surface area contributed by atoms with Gasteiger partial charge in [0.2, 0.25) is 0 Å². The maximum Gasteiger partial charge on any atom is 0.180 e. The van der Waals surface area contributed by atoms with Gasteiger partial charge in [0.15, 0.2) is 5.78 Å². The summed E-state index contributed by atoms with van der Waals surface area (Å²) >= 11 is 0. The van der Waals surface area contributed by atoms with E-state index in [1.807, 2.05) is 0 Å². The SMILES string of the molecule is COc1ccc(C(=O)CNCC2CC2)c(OC)c1. The number of hydrogen-bond acceptors (Lipinski definition) is 4. The second-order valence-corrected chi connectivity index (χ2v) is 4.56. The minimum Gasteiger partial charge on any atom is -0.497 e. The third-order valence-electron chi connectivity index (χ3n) is 3.12. The van der Waals surface area contributed by atoms with Crippen LogP contribution >= 0.6 is 0 Å². The van der Waals surface area contributed by atoms with E-state index in [0.717, 1.165) is 12.5 Å². The zero-order valence-electron chi connectivity index (χ0n) is 10.9. The van der Waals surface area contributed by atoms with Gasteiger partial charge in [-0.05, 0) is 37.4 Å². The number of benzene rings is 1. The normalized spacial score (nSPS) is 14.3. The molecule has 18 heavy (non-hydrogen) atoms. The van der Waals surface area contributed by atoms with Crippen molar-refractivity contribution in [2.45, 2.75) is 12.8 Å². The molecule has 1 aromatic rings. The molecule has 0 aromatic heterocycles. The molecule has 4 nitrogen and oxygen atoms in total. The maximum atomic E-state index is 12.0. The molecule has 0 radical (unpaired) electrons. The topological polar surface area (TPSA) is 47.6 Å². The number of carbonyl (C=O) groups excluding carboxylic acids is 1. The number of ketones is 1. The summed E-state index contributed by atoms with van der Waals surface area (Å²) in [4.78, 5) is 12.0. The van der Waals surface area contributed by atoms with E-state index < -0.39 is 0 Å². The highest BCUT2D eigenvalue weighted by Gasteiger charge is 2.21. The van der Waals surface area contributed by atoms with Gasteiger partial charge in [0, 0.05) is 6.07 Å². The highest BCUT2D eigenvalue weighted by Crippen LogP contribution is 2.28. The van der Waals surface area contributed by atoms with E-state index in [1.165, 1.54) is 12.8 Å². The third-order valence-corrected chi connectivity index (χ3v) is 3.12. The van der Waals surface area contributed by atoms with Crippen molar-refractivity contribution in [2.75, 3.05) is 27.3 Å². The van der Waals surface area contributed by atoms with Gasteiger partial charge in [0.05, 0.1) is 26.3 Å². The first-order chi connectivity index (χ1) is 8.74. The first-order valence-electron chi connectivity index (χ1n) is 6.20. The van der Waals surface area contributed by atoms with Gasteiger partial charge in [-0.15, -0.1) is 0 Å². The number of methoxy groups -OCH3 is 2. The second-order valence-electron chi connectivity index (χ2n) is 4.56. The molecule has 0 amide bonds. The van der Waals surface area contributed by atoms with Crippen LogP contribution in [0.4, 0.5) is 0 Å². The van der Waals surface area contributed by atoms with Crippen molar-refractivity contribution in [3.63, 3.8) is 0 Å². The Balaban J connectivity index is 1.98. The molecule has 0 atom stereocenters. The molecule has 98 valence electrons. The standard InChI is InChI=1S/C14H19NO3/c1-17-11-5-6-12(14(7-11)18-2)13(16)9-15-8-10-3-4-10/h5-7,10,15H,3-4,8-9H2,1-2H3. The smallest absolute Gasteiger partial charge is 0.180 e. The lowest BCUT2D eigenvalue weighted by Gasteiger charge is -2.10. The van der Waals surface area contributed by atoms with Crippen molar-refractivity contribution in [1.29, 1.82) is 0 Å². The summed E-state index contributed by atoms with van der Waals surface area (Å²) in [5, 5.41) is 3.19. The predicted molar refractivity (Wildman–Crippen MR) is 69.5 cm³/mol. The third kappa shape index (κ3) is 3.23. The molecular weight excluding hydrogens is 230 g/mol. The Kier molecular flexibility index (Phi) is 4.20. The molecule has 1 fully saturated rings. The van der Waals surface area contributed by atoms with E-state index in [9.17, 15) is 4.79 Å².